The first-order valence-corrected chi connectivity index (χ1v) is 11.7. The fraction of sp³-hybridized carbons (Fsp3) is 0.522. The van der Waals surface area contributed by atoms with Crippen molar-refractivity contribution in [1.82, 2.24) is 9.88 Å². The third-order valence-electron chi connectivity index (χ3n) is 5.11. The molecule has 0 aliphatic carbocycles. The van der Waals surface area contributed by atoms with Crippen molar-refractivity contribution >= 4 is 28.8 Å². The molecule has 1 aromatic heterocycles. The third kappa shape index (κ3) is 4.83. The molecule has 0 fully saturated rings. The Kier molecular flexibility index (Phi) is 7.48. The van der Waals surface area contributed by atoms with E-state index in [9.17, 15) is 9.59 Å². The van der Waals surface area contributed by atoms with Crippen LogP contribution in [0.25, 0.3) is 11.3 Å². The Bertz CT molecular complexity index is 890. The molecule has 0 saturated heterocycles. The van der Waals surface area contributed by atoms with E-state index in [0.29, 0.717) is 24.5 Å². The van der Waals surface area contributed by atoms with Crippen molar-refractivity contribution in [1.29, 1.82) is 0 Å². The molecule has 1 unspecified atom stereocenters. The molecule has 30 heavy (non-hydrogen) atoms. The Morgan fingerprint density at radius 2 is 1.93 bits per heavy atom. The van der Waals surface area contributed by atoms with Crippen LogP contribution >= 0.6 is 11.3 Å². The summed E-state index contributed by atoms with van der Waals surface area (Å²) < 4.78 is 5.81. The molecule has 0 saturated carbocycles. The van der Waals surface area contributed by atoms with Crippen molar-refractivity contribution < 1.29 is 14.3 Å². The van der Waals surface area contributed by atoms with Crippen LogP contribution in [0, 0.1) is 0 Å². The van der Waals surface area contributed by atoms with Gasteiger partial charge < -0.3 is 9.64 Å². The molecular formula is C23H31N3O3S. The molecule has 7 heteroatoms. The van der Waals surface area contributed by atoms with Crippen molar-refractivity contribution in [3.63, 3.8) is 0 Å². The van der Waals surface area contributed by atoms with Crippen molar-refractivity contribution in [2.45, 2.75) is 59.5 Å². The summed E-state index contributed by atoms with van der Waals surface area (Å²) in [6.45, 7) is 9.41. The summed E-state index contributed by atoms with van der Waals surface area (Å²) in [5.41, 5.74) is 2.46. The van der Waals surface area contributed by atoms with Crippen LogP contribution in [-0.4, -0.2) is 47.4 Å². The summed E-state index contributed by atoms with van der Waals surface area (Å²) in [6, 6.07) is 5.76. The molecule has 0 N–H and O–H groups in total. The van der Waals surface area contributed by atoms with E-state index in [1.54, 1.807) is 23.2 Å². The molecule has 2 amide bonds. The number of hydrogen-bond donors (Lipinski definition) is 0. The minimum atomic E-state index is -0.614. The Morgan fingerprint density at radius 1 is 1.20 bits per heavy atom. The van der Waals surface area contributed by atoms with Crippen LogP contribution in [0.4, 0.5) is 5.69 Å². The molecule has 0 bridgehead atoms. The van der Waals surface area contributed by atoms with Gasteiger partial charge in [0, 0.05) is 24.0 Å². The van der Waals surface area contributed by atoms with Gasteiger partial charge in [-0.3, -0.25) is 14.5 Å². The lowest BCUT2D eigenvalue weighted by Crippen LogP contribution is -2.49. The van der Waals surface area contributed by atoms with Gasteiger partial charge in [-0.25, -0.2) is 4.98 Å². The molecule has 1 aromatic carbocycles. The number of rotatable bonds is 9. The second kappa shape index (κ2) is 10.1. The maximum absolute atomic E-state index is 13.0. The summed E-state index contributed by atoms with van der Waals surface area (Å²) >= 11 is 1.65. The van der Waals surface area contributed by atoms with Crippen molar-refractivity contribution in [3.05, 3.63) is 28.6 Å². The van der Waals surface area contributed by atoms with E-state index in [2.05, 4.69) is 20.8 Å². The number of hydrogen-bond acceptors (Lipinski definition) is 5. The molecule has 1 aliphatic rings. The number of thiazole rings is 1. The zero-order valence-corrected chi connectivity index (χ0v) is 19.1. The second-order valence-electron chi connectivity index (χ2n) is 7.62. The quantitative estimate of drug-likeness (QED) is 0.588. The van der Waals surface area contributed by atoms with E-state index in [-0.39, 0.29) is 18.4 Å². The standard InChI is InChI=1S/C23H31N3O3S/c1-5-8-21-24-18(15-30-21)17-9-10-20-19(13-17)26(23(28)16(4)29-20)14-22(27)25(11-6-2)12-7-3/h9-10,13,15-16H,5-8,11-12,14H2,1-4H3. The van der Waals surface area contributed by atoms with Crippen LogP contribution in [0.3, 0.4) is 0 Å². The predicted molar refractivity (Wildman–Crippen MR) is 121 cm³/mol. The number of ether oxygens (including phenoxy) is 1. The fourth-order valence-electron chi connectivity index (χ4n) is 3.64. The zero-order valence-electron chi connectivity index (χ0n) is 18.3. The average Bonchev–Trinajstić information content (AvgIpc) is 3.20. The molecular weight excluding hydrogens is 398 g/mol. The predicted octanol–water partition coefficient (Wildman–Crippen LogP) is 4.53. The first-order valence-electron chi connectivity index (χ1n) is 10.8. The third-order valence-corrected chi connectivity index (χ3v) is 6.02. The van der Waals surface area contributed by atoms with Gasteiger partial charge in [0.05, 0.1) is 16.4 Å². The first-order chi connectivity index (χ1) is 14.5. The summed E-state index contributed by atoms with van der Waals surface area (Å²) in [4.78, 5) is 34.0. The first kappa shape index (κ1) is 22.3. The van der Waals surface area contributed by atoms with Gasteiger partial charge in [-0.1, -0.05) is 20.8 Å². The van der Waals surface area contributed by atoms with E-state index in [4.69, 9.17) is 9.72 Å². The lowest BCUT2D eigenvalue weighted by Gasteiger charge is -2.34. The molecule has 2 heterocycles. The zero-order chi connectivity index (χ0) is 21.7. The average molecular weight is 430 g/mol. The normalized spacial score (nSPS) is 15.7. The van der Waals surface area contributed by atoms with Gasteiger partial charge in [0.15, 0.2) is 6.10 Å². The van der Waals surface area contributed by atoms with E-state index >= 15 is 0 Å². The van der Waals surface area contributed by atoms with Gasteiger partial charge in [-0.05, 0) is 50.8 Å². The highest BCUT2D eigenvalue weighted by atomic mass is 32.1. The molecule has 6 nitrogen and oxygen atoms in total. The van der Waals surface area contributed by atoms with Crippen LogP contribution in [0.15, 0.2) is 23.6 Å². The molecule has 2 aromatic rings. The van der Waals surface area contributed by atoms with Gasteiger partial charge in [0.2, 0.25) is 5.91 Å². The number of benzene rings is 1. The maximum atomic E-state index is 13.0. The van der Waals surface area contributed by atoms with Gasteiger partial charge in [0.25, 0.3) is 5.91 Å². The Morgan fingerprint density at radius 3 is 2.60 bits per heavy atom. The maximum Gasteiger partial charge on any atom is 0.268 e. The summed E-state index contributed by atoms with van der Waals surface area (Å²) in [5, 5.41) is 3.15. The van der Waals surface area contributed by atoms with E-state index < -0.39 is 6.10 Å². The van der Waals surface area contributed by atoms with Crippen molar-refractivity contribution in [2.24, 2.45) is 0 Å². The Balaban J connectivity index is 1.91. The van der Waals surface area contributed by atoms with E-state index in [1.165, 1.54) is 0 Å². The number of carbonyl (C=O) groups is 2. The lowest BCUT2D eigenvalue weighted by molar-refractivity contribution is -0.133. The molecule has 162 valence electrons. The van der Waals surface area contributed by atoms with Crippen molar-refractivity contribution in [2.75, 3.05) is 24.5 Å². The number of aryl methyl sites for hydroxylation is 1. The molecule has 3 rings (SSSR count). The van der Waals surface area contributed by atoms with Gasteiger partial charge in [0.1, 0.15) is 12.3 Å². The van der Waals surface area contributed by atoms with Gasteiger partial charge in [-0.2, -0.15) is 0 Å². The molecule has 0 radical (unpaired) electrons. The number of nitrogens with zero attached hydrogens (tertiary/aromatic N) is 3. The minimum absolute atomic E-state index is 0.0289. The minimum Gasteiger partial charge on any atom is -0.479 e. The van der Waals surface area contributed by atoms with E-state index in [1.807, 2.05) is 28.5 Å². The summed E-state index contributed by atoms with van der Waals surface area (Å²) in [7, 11) is 0. The molecule has 0 spiro atoms. The largest absolute Gasteiger partial charge is 0.479 e. The molecule has 1 aliphatic heterocycles. The second-order valence-corrected chi connectivity index (χ2v) is 8.57. The number of anilines is 1. The topological polar surface area (TPSA) is 62.7 Å². The highest BCUT2D eigenvalue weighted by molar-refractivity contribution is 7.09. The Hall–Kier alpha value is -2.41. The fourth-order valence-corrected chi connectivity index (χ4v) is 4.55. The van der Waals surface area contributed by atoms with Crippen LogP contribution in [0.1, 0.15) is 52.0 Å². The molecule has 1 atom stereocenters. The van der Waals surface area contributed by atoms with Gasteiger partial charge in [-0.15, -0.1) is 11.3 Å². The number of carbonyl (C=O) groups excluding carboxylic acids is 2. The number of fused-ring (bicyclic) bond motifs is 1. The summed E-state index contributed by atoms with van der Waals surface area (Å²) in [6.07, 6.45) is 3.19. The van der Waals surface area contributed by atoms with Crippen LogP contribution in [0.5, 0.6) is 5.75 Å². The number of aromatic nitrogens is 1. The van der Waals surface area contributed by atoms with Crippen LogP contribution in [0.2, 0.25) is 0 Å². The lowest BCUT2D eigenvalue weighted by atomic mass is 10.1. The highest BCUT2D eigenvalue weighted by Crippen LogP contribution is 2.37. The van der Waals surface area contributed by atoms with Crippen molar-refractivity contribution in [3.8, 4) is 17.0 Å². The number of amides is 2. The van der Waals surface area contributed by atoms with Crippen LogP contribution < -0.4 is 9.64 Å². The SMILES string of the molecule is CCCc1nc(-c2ccc3c(c2)N(CC(=O)N(CCC)CCC)C(=O)C(C)O3)cs1. The van der Waals surface area contributed by atoms with Crippen LogP contribution in [-0.2, 0) is 16.0 Å². The smallest absolute Gasteiger partial charge is 0.268 e. The van der Waals surface area contributed by atoms with Gasteiger partial charge >= 0.3 is 0 Å². The Labute approximate surface area is 182 Å². The summed E-state index contributed by atoms with van der Waals surface area (Å²) in [5.74, 6) is 0.405. The monoisotopic (exact) mass is 429 g/mol. The highest BCUT2D eigenvalue weighted by Gasteiger charge is 2.34. The van der Waals surface area contributed by atoms with E-state index in [0.717, 1.165) is 41.9 Å².